The fourth-order valence-electron chi connectivity index (χ4n) is 0.930. The number of nitrogens with zero attached hydrogens (tertiary/aromatic N) is 1. The van der Waals surface area contributed by atoms with E-state index in [1.807, 2.05) is 0 Å². The van der Waals surface area contributed by atoms with E-state index in [-0.39, 0.29) is 10.8 Å². The smallest absolute Gasteiger partial charge is 0.312 e. The summed E-state index contributed by atoms with van der Waals surface area (Å²) in [6, 6.07) is 3.80. The highest BCUT2D eigenvalue weighted by atomic mass is 35.5. The van der Waals surface area contributed by atoms with Crippen LogP contribution in [0.15, 0.2) is 18.2 Å². The average molecular weight is 238 g/mol. The molecule has 1 rings (SSSR count). The number of halogens is 3. The molecule has 0 aromatic heterocycles. The Bertz CT molecular complexity index is 373. The Labute approximate surface area is 88.6 Å². The average Bonchev–Trinajstić information content (AvgIpc) is 2.15. The molecule has 0 aliphatic rings. The zero-order valence-electron chi connectivity index (χ0n) is 7.32. The monoisotopic (exact) mass is 237 g/mol. The van der Waals surface area contributed by atoms with E-state index >= 15 is 0 Å². The van der Waals surface area contributed by atoms with Gasteiger partial charge in [0, 0.05) is 6.07 Å². The van der Waals surface area contributed by atoms with Crippen LogP contribution >= 0.6 is 11.6 Å². The first-order chi connectivity index (χ1) is 7.02. The van der Waals surface area contributed by atoms with E-state index in [4.69, 9.17) is 11.6 Å². The summed E-state index contributed by atoms with van der Waals surface area (Å²) in [6.45, 7) is -0.926. The number of para-hydroxylation sites is 1. The first kappa shape index (κ1) is 11.6. The predicted molar refractivity (Wildman–Crippen MR) is 49.6 cm³/mol. The van der Waals surface area contributed by atoms with E-state index in [0.29, 0.717) is 0 Å². The van der Waals surface area contributed by atoms with Gasteiger partial charge in [-0.25, -0.2) is 8.78 Å². The maximum absolute atomic E-state index is 11.8. The van der Waals surface area contributed by atoms with Crippen LogP contribution in [0.3, 0.4) is 0 Å². The van der Waals surface area contributed by atoms with Gasteiger partial charge < -0.3 is 4.74 Å². The number of benzene rings is 1. The van der Waals surface area contributed by atoms with Crippen LogP contribution in [0.1, 0.15) is 0 Å². The summed E-state index contributed by atoms with van der Waals surface area (Å²) in [4.78, 5) is 9.75. The molecule has 0 unspecified atom stereocenters. The second kappa shape index (κ2) is 4.88. The number of nitro benzene ring substituents is 1. The minimum atomic E-state index is -2.71. The normalized spacial score (nSPS) is 10.4. The van der Waals surface area contributed by atoms with Gasteiger partial charge in [-0.05, 0) is 6.07 Å². The Balaban J connectivity index is 2.97. The highest BCUT2D eigenvalue weighted by Gasteiger charge is 2.19. The van der Waals surface area contributed by atoms with Crippen LogP contribution in [-0.2, 0) is 0 Å². The molecule has 0 aliphatic carbocycles. The van der Waals surface area contributed by atoms with Crippen LogP contribution in [0, 0.1) is 10.1 Å². The standard InChI is InChI=1S/C8H6ClF2NO3/c9-5-2-1-3-6(12(13)14)8(5)15-4-7(10)11/h1-3,7H,4H2. The lowest BCUT2D eigenvalue weighted by Gasteiger charge is -2.07. The SMILES string of the molecule is O=[N+]([O-])c1cccc(Cl)c1OCC(F)F. The molecular formula is C8H6ClF2NO3. The number of hydrogen-bond acceptors (Lipinski definition) is 3. The largest absolute Gasteiger partial charge is 0.480 e. The van der Waals surface area contributed by atoms with Gasteiger partial charge in [0.15, 0.2) is 0 Å². The Kier molecular flexibility index (Phi) is 3.79. The maximum Gasteiger partial charge on any atom is 0.312 e. The Hall–Kier alpha value is -1.43. The number of ether oxygens (including phenoxy) is 1. The summed E-state index contributed by atoms with van der Waals surface area (Å²) in [6.07, 6.45) is -2.71. The summed E-state index contributed by atoms with van der Waals surface area (Å²) in [5, 5.41) is 10.4. The number of alkyl halides is 2. The van der Waals surface area contributed by atoms with E-state index in [1.54, 1.807) is 0 Å². The fraction of sp³-hybridized carbons (Fsp3) is 0.250. The summed E-state index contributed by atoms with van der Waals surface area (Å²) in [5.74, 6) is -0.329. The van der Waals surface area contributed by atoms with Gasteiger partial charge in [-0.15, -0.1) is 0 Å². The van der Waals surface area contributed by atoms with Crippen molar-refractivity contribution in [1.29, 1.82) is 0 Å². The van der Waals surface area contributed by atoms with Crippen LogP contribution < -0.4 is 4.74 Å². The molecule has 82 valence electrons. The van der Waals surface area contributed by atoms with Gasteiger partial charge in [0.1, 0.15) is 6.61 Å². The van der Waals surface area contributed by atoms with Crippen LogP contribution in [0.5, 0.6) is 5.75 Å². The van der Waals surface area contributed by atoms with E-state index in [1.165, 1.54) is 12.1 Å². The lowest BCUT2D eigenvalue weighted by atomic mass is 10.3. The zero-order valence-corrected chi connectivity index (χ0v) is 8.08. The Morgan fingerprint density at radius 3 is 2.73 bits per heavy atom. The minimum Gasteiger partial charge on any atom is -0.480 e. The lowest BCUT2D eigenvalue weighted by Crippen LogP contribution is -2.08. The second-order valence-electron chi connectivity index (χ2n) is 2.55. The van der Waals surface area contributed by atoms with E-state index in [9.17, 15) is 18.9 Å². The second-order valence-corrected chi connectivity index (χ2v) is 2.95. The third-order valence-electron chi connectivity index (χ3n) is 1.50. The fourth-order valence-corrected chi connectivity index (χ4v) is 1.15. The minimum absolute atomic E-state index is 0.0650. The summed E-state index contributed by atoms with van der Waals surface area (Å²) >= 11 is 5.58. The molecule has 0 saturated heterocycles. The van der Waals surface area contributed by atoms with Crippen LogP contribution in [0.4, 0.5) is 14.5 Å². The van der Waals surface area contributed by atoms with Crippen molar-refractivity contribution >= 4 is 17.3 Å². The van der Waals surface area contributed by atoms with Crippen molar-refractivity contribution in [3.8, 4) is 5.75 Å². The number of nitro groups is 1. The van der Waals surface area contributed by atoms with E-state index < -0.39 is 23.6 Å². The van der Waals surface area contributed by atoms with Crippen molar-refractivity contribution < 1.29 is 18.4 Å². The van der Waals surface area contributed by atoms with Crippen LogP contribution in [0.25, 0.3) is 0 Å². The molecule has 0 fully saturated rings. The van der Waals surface area contributed by atoms with Crippen molar-refractivity contribution in [3.05, 3.63) is 33.3 Å². The number of rotatable bonds is 4. The van der Waals surface area contributed by atoms with Crippen molar-refractivity contribution in [2.75, 3.05) is 6.61 Å². The van der Waals surface area contributed by atoms with Crippen LogP contribution in [0.2, 0.25) is 5.02 Å². The molecule has 15 heavy (non-hydrogen) atoms. The van der Waals surface area contributed by atoms with Crippen LogP contribution in [-0.4, -0.2) is 18.0 Å². The zero-order chi connectivity index (χ0) is 11.4. The molecule has 0 bridgehead atoms. The molecule has 1 aromatic carbocycles. The Morgan fingerprint density at radius 2 is 2.20 bits per heavy atom. The first-order valence-corrected chi connectivity index (χ1v) is 4.24. The molecule has 0 atom stereocenters. The molecule has 0 amide bonds. The molecule has 7 heteroatoms. The van der Waals surface area contributed by atoms with E-state index in [2.05, 4.69) is 4.74 Å². The third kappa shape index (κ3) is 3.02. The molecular weight excluding hydrogens is 232 g/mol. The van der Waals surface area contributed by atoms with Gasteiger partial charge in [0.05, 0.1) is 9.95 Å². The van der Waals surface area contributed by atoms with Crippen molar-refractivity contribution in [3.63, 3.8) is 0 Å². The van der Waals surface area contributed by atoms with Gasteiger partial charge in [-0.2, -0.15) is 0 Å². The van der Waals surface area contributed by atoms with Crippen molar-refractivity contribution in [2.45, 2.75) is 6.43 Å². The lowest BCUT2D eigenvalue weighted by molar-refractivity contribution is -0.385. The van der Waals surface area contributed by atoms with Gasteiger partial charge in [-0.1, -0.05) is 17.7 Å². The van der Waals surface area contributed by atoms with Gasteiger partial charge >= 0.3 is 5.69 Å². The number of hydrogen-bond donors (Lipinski definition) is 0. The molecule has 0 N–H and O–H groups in total. The van der Waals surface area contributed by atoms with Crippen molar-refractivity contribution in [2.24, 2.45) is 0 Å². The molecule has 0 radical (unpaired) electrons. The van der Waals surface area contributed by atoms with E-state index in [0.717, 1.165) is 6.07 Å². The third-order valence-corrected chi connectivity index (χ3v) is 1.79. The summed E-state index contributed by atoms with van der Waals surface area (Å²) in [5.41, 5.74) is -0.428. The molecule has 0 spiro atoms. The van der Waals surface area contributed by atoms with Gasteiger partial charge in [-0.3, -0.25) is 10.1 Å². The van der Waals surface area contributed by atoms with Gasteiger partial charge in [0.25, 0.3) is 6.43 Å². The highest BCUT2D eigenvalue weighted by Crippen LogP contribution is 2.34. The quantitative estimate of drug-likeness (QED) is 0.598. The van der Waals surface area contributed by atoms with Gasteiger partial charge in [0.2, 0.25) is 5.75 Å². The summed E-state index contributed by atoms with van der Waals surface area (Å²) < 4.78 is 28.3. The molecule has 4 nitrogen and oxygen atoms in total. The molecule has 1 aromatic rings. The predicted octanol–water partition coefficient (Wildman–Crippen LogP) is 2.89. The molecule has 0 saturated carbocycles. The highest BCUT2D eigenvalue weighted by molar-refractivity contribution is 6.32. The summed E-state index contributed by atoms with van der Waals surface area (Å²) in [7, 11) is 0. The molecule has 0 heterocycles. The topological polar surface area (TPSA) is 52.4 Å². The van der Waals surface area contributed by atoms with Crippen molar-refractivity contribution in [1.82, 2.24) is 0 Å². The first-order valence-electron chi connectivity index (χ1n) is 3.86. The molecule has 0 aliphatic heterocycles. The Morgan fingerprint density at radius 1 is 1.53 bits per heavy atom. The maximum atomic E-state index is 11.8.